The number of amides is 2. The van der Waals surface area contributed by atoms with Gasteiger partial charge in [-0.2, -0.15) is 0 Å². The number of halogens is 2. The first-order valence-electron chi connectivity index (χ1n) is 9.75. The summed E-state index contributed by atoms with van der Waals surface area (Å²) in [7, 11) is 1.48. The van der Waals surface area contributed by atoms with Gasteiger partial charge in [0.25, 0.3) is 5.91 Å². The Morgan fingerprint density at radius 2 is 1.97 bits per heavy atom. The van der Waals surface area contributed by atoms with Gasteiger partial charge in [0.1, 0.15) is 12.4 Å². The predicted octanol–water partition coefficient (Wildman–Crippen LogP) is 3.15. The van der Waals surface area contributed by atoms with E-state index < -0.39 is 30.0 Å². The Hall–Kier alpha value is -2.97. The molecule has 7 nitrogen and oxygen atoms in total. The third-order valence-corrected chi connectivity index (χ3v) is 5.98. The molecular weight excluding hydrogens is 427 g/mol. The van der Waals surface area contributed by atoms with Crippen LogP contribution in [0.2, 0.25) is 5.02 Å². The van der Waals surface area contributed by atoms with E-state index in [0.717, 1.165) is 0 Å². The number of carbonyl (C=O) groups excluding carboxylic acids is 3. The molecule has 0 aromatic heterocycles. The van der Waals surface area contributed by atoms with Crippen LogP contribution >= 0.6 is 11.6 Å². The molecule has 162 valence electrons. The Bertz CT molecular complexity index is 1040. The molecule has 1 unspecified atom stereocenters. The van der Waals surface area contributed by atoms with Gasteiger partial charge in [-0.25, -0.2) is 9.18 Å². The van der Waals surface area contributed by atoms with Crippen molar-refractivity contribution in [2.24, 2.45) is 0 Å². The van der Waals surface area contributed by atoms with Gasteiger partial charge in [-0.1, -0.05) is 29.8 Å². The minimum absolute atomic E-state index is 0.0239. The zero-order chi connectivity index (χ0) is 22.2. The second-order valence-corrected chi connectivity index (χ2v) is 7.70. The highest BCUT2D eigenvalue weighted by Crippen LogP contribution is 2.45. The van der Waals surface area contributed by atoms with Crippen LogP contribution in [0.15, 0.2) is 42.5 Å². The SMILES string of the molecule is COCCN1C(=O)c2ccccc2N2C(=O)CCC12C(=O)OCc1c(F)cccc1Cl. The molecule has 0 bridgehead atoms. The standard InChI is InChI=1S/C22H20ClFN2O5/c1-30-12-11-25-20(28)14-5-2-3-8-18(14)26-19(27)9-10-22(25,26)21(29)31-13-15-16(23)6-4-7-17(15)24/h2-8H,9-13H2,1H3. The summed E-state index contributed by atoms with van der Waals surface area (Å²) in [6, 6.07) is 10.8. The van der Waals surface area contributed by atoms with Crippen LogP contribution in [0.25, 0.3) is 0 Å². The van der Waals surface area contributed by atoms with Crippen LogP contribution in [-0.4, -0.2) is 48.6 Å². The maximum Gasteiger partial charge on any atom is 0.354 e. The number of anilines is 1. The molecule has 2 aromatic rings. The van der Waals surface area contributed by atoms with Crippen LogP contribution in [0.1, 0.15) is 28.8 Å². The summed E-state index contributed by atoms with van der Waals surface area (Å²) < 4.78 is 24.7. The van der Waals surface area contributed by atoms with Crippen molar-refractivity contribution in [1.29, 1.82) is 0 Å². The molecule has 9 heteroatoms. The quantitative estimate of drug-likeness (QED) is 0.637. The maximum absolute atomic E-state index is 14.2. The number of nitrogens with zero attached hydrogens (tertiary/aromatic N) is 2. The van der Waals surface area contributed by atoms with Gasteiger partial charge < -0.3 is 14.4 Å². The Morgan fingerprint density at radius 3 is 2.71 bits per heavy atom. The van der Waals surface area contributed by atoms with Crippen molar-refractivity contribution < 1.29 is 28.2 Å². The van der Waals surface area contributed by atoms with Crippen LogP contribution in [-0.2, 0) is 25.7 Å². The van der Waals surface area contributed by atoms with Crippen LogP contribution in [0.4, 0.5) is 10.1 Å². The van der Waals surface area contributed by atoms with E-state index in [0.29, 0.717) is 11.3 Å². The summed E-state index contributed by atoms with van der Waals surface area (Å²) in [5.74, 6) is -2.14. The number of hydrogen-bond acceptors (Lipinski definition) is 5. The van der Waals surface area contributed by atoms with Gasteiger partial charge in [-0.3, -0.25) is 14.5 Å². The molecule has 31 heavy (non-hydrogen) atoms. The topological polar surface area (TPSA) is 76.2 Å². The highest BCUT2D eigenvalue weighted by atomic mass is 35.5. The monoisotopic (exact) mass is 446 g/mol. The van der Waals surface area contributed by atoms with E-state index in [2.05, 4.69) is 0 Å². The van der Waals surface area contributed by atoms with Crippen molar-refractivity contribution in [1.82, 2.24) is 4.90 Å². The number of methoxy groups -OCH3 is 1. The minimum atomic E-state index is -1.67. The second-order valence-electron chi connectivity index (χ2n) is 7.29. The van der Waals surface area contributed by atoms with Gasteiger partial charge in [-0.05, 0) is 24.3 Å². The van der Waals surface area contributed by atoms with Crippen molar-refractivity contribution in [3.8, 4) is 0 Å². The van der Waals surface area contributed by atoms with E-state index in [1.165, 1.54) is 35.1 Å². The van der Waals surface area contributed by atoms with Crippen LogP contribution in [0, 0.1) is 5.82 Å². The lowest BCUT2D eigenvalue weighted by molar-refractivity contribution is -0.159. The van der Waals surface area contributed by atoms with E-state index >= 15 is 0 Å². The molecule has 2 aliphatic rings. The Balaban J connectivity index is 1.75. The van der Waals surface area contributed by atoms with Crippen molar-refractivity contribution in [2.75, 3.05) is 25.2 Å². The third-order valence-electron chi connectivity index (χ3n) is 5.63. The van der Waals surface area contributed by atoms with E-state index in [9.17, 15) is 18.8 Å². The lowest BCUT2D eigenvalue weighted by atomic mass is 9.96. The Labute approximate surface area is 183 Å². The number of fused-ring (bicyclic) bond motifs is 3. The van der Waals surface area contributed by atoms with Crippen molar-refractivity contribution in [3.05, 3.63) is 64.4 Å². The largest absolute Gasteiger partial charge is 0.457 e. The number of para-hydroxylation sites is 1. The molecule has 4 rings (SSSR count). The van der Waals surface area contributed by atoms with Crippen molar-refractivity contribution >= 4 is 35.1 Å². The number of esters is 1. The summed E-state index contributed by atoms with van der Waals surface area (Å²) in [6.45, 7) is -0.199. The van der Waals surface area contributed by atoms with Gasteiger partial charge >= 0.3 is 5.97 Å². The Kier molecular flexibility index (Phi) is 5.68. The number of ether oxygens (including phenoxy) is 2. The van der Waals surface area contributed by atoms with Crippen molar-refractivity contribution in [3.63, 3.8) is 0 Å². The molecule has 0 aliphatic carbocycles. The van der Waals surface area contributed by atoms with Crippen LogP contribution in [0.3, 0.4) is 0 Å². The normalized spacial score (nSPS) is 20.0. The third kappa shape index (κ3) is 3.36. The zero-order valence-corrected chi connectivity index (χ0v) is 17.5. The fourth-order valence-electron chi connectivity index (χ4n) is 4.16. The molecule has 2 heterocycles. The van der Waals surface area contributed by atoms with E-state index in [4.69, 9.17) is 21.1 Å². The molecule has 2 aromatic carbocycles. The van der Waals surface area contributed by atoms with Crippen molar-refractivity contribution in [2.45, 2.75) is 25.1 Å². The number of carbonyl (C=O) groups is 3. The molecule has 0 spiro atoms. The molecule has 2 amide bonds. The number of rotatable bonds is 6. The van der Waals surface area contributed by atoms with Gasteiger partial charge in [0.15, 0.2) is 0 Å². The fraction of sp³-hybridized carbons (Fsp3) is 0.318. The molecule has 1 atom stereocenters. The Morgan fingerprint density at radius 1 is 1.19 bits per heavy atom. The predicted molar refractivity (Wildman–Crippen MR) is 110 cm³/mol. The second kappa shape index (κ2) is 8.28. The minimum Gasteiger partial charge on any atom is -0.457 e. The average Bonchev–Trinajstić information content (AvgIpc) is 3.11. The van der Waals surface area contributed by atoms with Gasteiger partial charge in [0.05, 0.1) is 22.9 Å². The molecule has 1 saturated heterocycles. The first-order valence-corrected chi connectivity index (χ1v) is 10.1. The van der Waals surface area contributed by atoms with Crippen LogP contribution < -0.4 is 4.90 Å². The first kappa shape index (κ1) is 21.3. The molecule has 2 aliphatic heterocycles. The fourth-order valence-corrected chi connectivity index (χ4v) is 4.38. The summed E-state index contributed by atoms with van der Waals surface area (Å²) in [4.78, 5) is 42.3. The first-order chi connectivity index (χ1) is 14.9. The average molecular weight is 447 g/mol. The summed E-state index contributed by atoms with van der Waals surface area (Å²) in [5.41, 5.74) is -0.978. The van der Waals surface area contributed by atoms with E-state index in [1.54, 1.807) is 24.3 Å². The summed E-state index contributed by atoms with van der Waals surface area (Å²) in [6.07, 6.45) is 0.111. The number of benzene rings is 2. The van der Waals surface area contributed by atoms with E-state index in [1.807, 2.05) is 0 Å². The summed E-state index contributed by atoms with van der Waals surface area (Å²) >= 11 is 6.04. The lowest BCUT2D eigenvalue weighted by Gasteiger charge is -2.48. The zero-order valence-electron chi connectivity index (χ0n) is 16.8. The highest BCUT2D eigenvalue weighted by molar-refractivity contribution is 6.31. The van der Waals surface area contributed by atoms with Gasteiger partial charge in [-0.15, -0.1) is 0 Å². The highest BCUT2D eigenvalue weighted by Gasteiger charge is 2.61. The van der Waals surface area contributed by atoms with Gasteiger partial charge in [0.2, 0.25) is 11.6 Å². The molecule has 1 fully saturated rings. The number of hydrogen-bond donors (Lipinski definition) is 0. The molecular formula is C22H20ClFN2O5. The van der Waals surface area contributed by atoms with Gasteiger partial charge in [0, 0.05) is 32.1 Å². The van der Waals surface area contributed by atoms with E-state index in [-0.39, 0.29) is 42.5 Å². The maximum atomic E-state index is 14.2. The summed E-state index contributed by atoms with van der Waals surface area (Å²) in [5, 5.41) is 0.117. The molecule has 0 saturated carbocycles. The molecule has 0 radical (unpaired) electrons. The lowest BCUT2D eigenvalue weighted by Crippen LogP contribution is -2.68. The smallest absolute Gasteiger partial charge is 0.354 e. The van der Waals surface area contributed by atoms with Crippen LogP contribution in [0.5, 0.6) is 0 Å². The molecule has 0 N–H and O–H groups in total.